The van der Waals surface area contributed by atoms with E-state index < -0.39 is 16.2 Å². The van der Waals surface area contributed by atoms with Crippen molar-refractivity contribution in [2.75, 3.05) is 29.9 Å². The van der Waals surface area contributed by atoms with Gasteiger partial charge in [-0.3, -0.25) is 4.79 Å². The fraction of sp³-hybridized carbons (Fsp3) is 0.429. The molecule has 4 rings (SSSR count). The Morgan fingerprint density at radius 3 is 2.47 bits per heavy atom. The number of carbonyl (C=O) groups is 1. The summed E-state index contributed by atoms with van der Waals surface area (Å²) in [5.74, 6) is -0.197. The SMILES string of the molecule is O=C(c1cnc(Nc2cccc(OC(F)(F)F)c2)c2c1CCCC2)N1CCS(=O)(=O)CC1. The first-order chi connectivity index (χ1) is 15.1. The number of benzene rings is 1. The van der Waals surface area contributed by atoms with Crippen LogP contribution >= 0.6 is 0 Å². The first-order valence-electron chi connectivity index (χ1n) is 10.2. The monoisotopic (exact) mass is 469 g/mol. The number of ether oxygens (including phenoxy) is 1. The number of carbonyl (C=O) groups excluding carboxylic acids is 1. The number of nitrogens with zero attached hydrogens (tertiary/aromatic N) is 2. The molecule has 1 aliphatic carbocycles. The Balaban J connectivity index is 1.59. The van der Waals surface area contributed by atoms with Gasteiger partial charge in [0.05, 0.1) is 17.1 Å². The molecule has 1 aliphatic heterocycles. The molecule has 0 bridgehead atoms. The molecule has 0 radical (unpaired) electrons. The summed E-state index contributed by atoms with van der Waals surface area (Å²) in [7, 11) is -3.11. The van der Waals surface area contributed by atoms with Gasteiger partial charge in [-0.2, -0.15) is 0 Å². The lowest BCUT2D eigenvalue weighted by Crippen LogP contribution is -2.44. The van der Waals surface area contributed by atoms with Crippen LogP contribution in [0.15, 0.2) is 30.5 Å². The van der Waals surface area contributed by atoms with Gasteiger partial charge in [-0.05, 0) is 48.9 Å². The number of amides is 1. The van der Waals surface area contributed by atoms with E-state index in [-0.39, 0.29) is 36.3 Å². The van der Waals surface area contributed by atoms with E-state index in [1.54, 1.807) is 6.07 Å². The summed E-state index contributed by atoms with van der Waals surface area (Å²) in [4.78, 5) is 19.0. The Bertz CT molecular complexity index is 1120. The highest BCUT2D eigenvalue weighted by Crippen LogP contribution is 2.33. The molecule has 1 N–H and O–H groups in total. The van der Waals surface area contributed by atoms with Crippen molar-refractivity contribution in [1.29, 1.82) is 0 Å². The third-order valence-corrected chi connectivity index (χ3v) is 7.20. The van der Waals surface area contributed by atoms with Crippen molar-refractivity contribution >= 4 is 27.2 Å². The van der Waals surface area contributed by atoms with Crippen LogP contribution in [0.3, 0.4) is 0 Å². The normalized spacial score (nSPS) is 18.0. The Labute approximate surface area is 183 Å². The quantitative estimate of drug-likeness (QED) is 0.738. The Morgan fingerprint density at radius 2 is 1.78 bits per heavy atom. The lowest BCUT2D eigenvalue weighted by atomic mass is 9.88. The molecule has 1 aromatic carbocycles. The lowest BCUT2D eigenvalue weighted by molar-refractivity contribution is -0.274. The maximum atomic E-state index is 13.1. The zero-order chi connectivity index (χ0) is 22.9. The minimum atomic E-state index is -4.79. The van der Waals surface area contributed by atoms with Crippen LogP contribution < -0.4 is 10.1 Å². The second-order valence-corrected chi connectivity index (χ2v) is 10.1. The maximum absolute atomic E-state index is 13.1. The molecule has 32 heavy (non-hydrogen) atoms. The first-order valence-corrected chi connectivity index (χ1v) is 12.1. The van der Waals surface area contributed by atoms with Crippen LogP contribution in [0.4, 0.5) is 24.7 Å². The van der Waals surface area contributed by atoms with Crippen LogP contribution in [-0.2, 0) is 22.7 Å². The van der Waals surface area contributed by atoms with Gasteiger partial charge >= 0.3 is 6.36 Å². The van der Waals surface area contributed by atoms with E-state index in [1.807, 2.05) is 0 Å². The van der Waals surface area contributed by atoms with Gasteiger partial charge in [0.2, 0.25) is 0 Å². The summed E-state index contributed by atoms with van der Waals surface area (Å²) in [6.07, 6.45) is -0.157. The number of nitrogens with one attached hydrogen (secondary N) is 1. The van der Waals surface area contributed by atoms with Crippen LogP contribution in [0.5, 0.6) is 5.75 Å². The highest BCUT2D eigenvalue weighted by atomic mass is 32.2. The van der Waals surface area contributed by atoms with Gasteiger partial charge in [-0.25, -0.2) is 13.4 Å². The van der Waals surface area contributed by atoms with Crippen LogP contribution in [-0.4, -0.2) is 55.2 Å². The second-order valence-electron chi connectivity index (χ2n) is 7.83. The van der Waals surface area contributed by atoms with E-state index in [1.165, 1.54) is 29.3 Å². The van der Waals surface area contributed by atoms with Gasteiger partial charge in [0, 0.05) is 31.0 Å². The molecule has 2 heterocycles. The van der Waals surface area contributed by atoms with E-state index in [0.717, 1.165) is 24.0 Å². The molecule has 1 saturated heterocycles. The van der Waals surface area contributed by atoms with Crippen molar-refractivity contribution in [3.8, 4) is 5.75 Å². The average Bonchev–Trinajstić information content (AvgIpc) is 2.72. The topological polar surface area (TPSA) is 88.6 Å². The molecule has 0 unspecified atom stereocenters. The van der Waals surface area contributed by atoms with Gasteiger partial charge in [0.1, 0.15) is 11.6 Å². The number of rotatable bonds is 4. The van der Waals surface area contributed by atoms with Crippen molar-refractivity contribution in [2.24, 2.45) is 0 Å². The number of aromatic nitrogens is 1. The van der Waals surface area contributed by atoms with E-state index >= 15 is 0 Å². The Morgan fingerprint density at radius 1 is 1.09 bits per heavy atom. The summed E-state index contributed by atoms with van der Waals surface area (Å²) in [6.45, 7) is 0.309. The summed E-state index contributed by atoms with van der Waals surface area (Å²) < 4.78 is 64.9. The van der Waals surface area contributed by atoms with Crippen molar-refractivity contribution in [2.45, 2.75) is 32.0 Å². The minimum Gasteiger partial charge on any atom is -0.406 e. The van der Waals surface area contributed by atoms with Gasteiger partial charge in [-0.15, -0.1) is 13.2 Å². The number of hydrogen-bond acceptors (Lipinski definition) is 6. The average molecular weight is 469 g/mol. The van der Waals surface area contributed by atoms with E-state index in [0.29, 0.717) is 29.9 Å². The summed E-state index contributed by atoms with van der Waals surface area (Å²) in [6, 6.07) is 5.49. The summed E-state index contributed by atoms with van der Waals surface area (Å²) in [5, 5.41) is 3.05. The highest BCUT2D eigenvalue weighted by Gasteiger charge is 2.31. The molecule has 0 spiro atoms. The van der Waals surface area contributed by atoms with Crippen molar-refractivity contribution in [3.63, 3.8) is 0 Å². The number of halogens is 3. The smallest absolute Gasteiger partial charge is 0.406 e. The van der Waals surface area contributed by atoms with Gasteiger partial charge < -0.3 is 15.0 Å². The number of anilines is 2. The lowest BCUT2D eigenvalue weighted by Gasteiger charge is -2.29. The van der Waals surface area contributed by atoms with Crippen LogP contribution in [0, 0.1) is 0 Å². The van der Waals surface area contributed by atoms with Crippen LogP contribution in [0.2, 0.25) is 0 Å². The van der Waals surface area contributed by atoms with Crippen molar-refractivity contribution in [1.82, 2.24) is 9.88 Å². The van der Waals surface area contributed by atoms with Gasteiger partial charge in [0.25, 0.3) is 5.91 Å². The molecule has 2 aliphatic rings. The second kappa shape index (κ2) is 8.61. The summed E-state index contributed by atoms with van der Waals surface area (Å²) in [5.41, 5.74) is 2.55. The van der Waals surface area contributed by atoms with E-state index in [4.69, 9.17) is 0 Å². The van der Waals surface area contributed by atoms with E-state index in [2.05, 4.69) is 15.0 Å². The van der Waals surface area contributed by atoms with Crippen LogP contribution in [0.1, 0.15) is 34.3 Å². The van der Waals surface area contributed by atoms with Gasteiger partial charge in [0.15, 0.2) is 9.84 Å². The fourth-order valence-corrected chi connectivity index (χ4v) is 5.24. The molecule has 0 atom stereocenters. The molecule has 0 saturated carbocycles. The predicted molar refractivity (Wildman–Crippen MR) is 112 cm³/mol. The minimum absolute atomic E-state index is 0.0513. The largest absolute Gasteiger partial charge is 0.573 e. The zero-order valence-electron chi connectivity index (χ0n) is 17.1. The molecule has 2 aromatic rings. The highest BCUT2D eigenvalue weighted by molar-refractivity contribution is 7.91. The van der Waals surface area contributed by atoms with E-state index in [9.17, 15) is 26.4 Å². The molecule has 1 fully saturated rings. The Kier molecular flexibility index (Phi) is 6.02. The van der Waals surface area contributed by atoms with Gasteiger partial charge in [-0.1, -0.05) is 6.07 Å². The third-order valence-electron chi connectivity index (χ3n) is 5.59. The molecule has 1 amide bonds. The number of hydrogen-bond donors (Lipinski definition) is 1. The van der Waals surface area contributed by atoms with Crippen LogP contribution in [0.25, 0.3) is 0 Å². The first kappa shape index (κ1) is 22.4. The molecular weight excluding hydrogens is 447 g/mol. The molecular formula is C21H22F3N3O4S. The molecule has 1 aromatic heterocycles. The number of fused-ring (bicyclic) bond motifs is 1. The van der Waals surface area contributed by atoms with Crippen molar-refractivity contribution < 1.29 is 31.1 Å². The zero-order valence-corrected chi connectivity index (χ0v) is 17.9. The third kappa shape index (κ3) is 5.14. The maximum Gasteiger partial charge on any atom is 0.573 e. The predicted octanol–water partition coefficient (Wildman–Crippen LogP) is 3.47. The summed E-state index contributed by atoms with van der Waals surface area (Å²) >= 11 is 0. The number of sulfone groups is 1. The molecule has 11 heteroatoms. The Hall–Kier alpha value is -2.82. The number of pyridine rings is 1. The van der Waals surface area contributed by atoms with Crippen molar-refractivity contribution in [3.05, 3.63) is 47.2 Å². The standard InChI is InChI=1S/C21H22F3N3O4S/c22-21(23,24)31-15-5-3-4-14(12-15)26-19-17-7-2-1-6-16(17)18(13-25-19)20(28)27-8-10-32(29,30)11-9-27/h3-5,12-13H,1-2,6-11H2,(H,25,26). The fourth-order valence-electron chi connectivity index (χ4n) is 4.03. The molecule has 172 valence electrons. The number of alkyl halides is 3. The molecule has 7 nitrogen and oxygen atoms in total.